The van der Waals surface area contributed by atoms with Crippen LogP contribution in [-0.2, 0) is 0 Å². The number of fused-ring (bicyclic) bond motifs is 2. The van der Waals surface area contributed by atoms with Crippen molar-refractivity contribution in [1.82, 2.24) is 74.8 Å². The second-order valence-electron chi connectivity index (χ2n) is 20.8. The molecule has 0 N–H and O–H groups in total. The summed E-state index contributed by atoms with van der Waals surface area (Å²) in [7, 11) is 0. The number of hydrogen-bond acceptors (Lipinski definition) is 15. The second-order valence-corrected chi connectivity index (χ2v) is 20.8. The summed E-state index contributed by atoms with van der Waals surface area (Å²) in [6.45, 7) is 13.7. The van der Waals surface area contributed by atoms with Gasteiger partial charge in [-0.25, -0.2) is 54.8 Å². The standard InChI is InChI=1S/C17H14N2.C16H13N3.C11H10N2.C10H9N3.2C10H9N.C4H5N3/c1-13-12-18-16(14-8-4-2-5-9-14)17(19-13)15-10-6-3-7-11-15;1-12-17-15(13-8-4-2-5-9-13)19-16(18-12)14-10-6-3-7-11-14;1-9-7-12-8-11(13-9)10-5-3-2-4-6-10;1-8-11-7-12-10(13-8)9-5-3-2-4-6-9;1-8-4-2-6-10-9(8)5-3-7-11-10;1-8-4-2-5-9-6-3-7-11-10(8)9;1-4-6-2-5-3-7-4/h2-12H,1H3;2-11H,1H3;2-8H,1H3;2-7H,1H3;2*2-7H,1H3;2-3H,1H3. The number of nitrogens with zero attached hydrogens (tertiary/aromatic N) is 15. The molecule has 0 saturated heterocycles. The van der Waals surface area contributed by atoms with E-state index in [0.29, 0.717) is 11.6 Å². The van der Waals surface area contributed by atoms with Crippen LogP contribution in [0.4, 0.5) is 0 Å². The van der Waals surface area contributed by atoms with Crippen LogP contribution in [0.2, 0.25) is 0 Å². The minimum Gasteiger partial charge on any atom is -0.261 e. The van der Waals surface area contributed by atoms with Gasteiger partial charge >= 0.3 is 0 Å². The Labute approximate surface area is 542 Å². The Hall–Kier alpha value is -12.2. The summed E-state index contributed by atoms with van der Waals surface area (Å²) in [5.74, 6) is 4.39. The zero-order chi connectivity index (χ0) is 64.8. The Balaban J connectivity index is 0.000000130. The van der Waals surface area contributed by atoms with Crippen molar-refractivity contribution in [2.75, 3.05) is 0 Å². The minimum absolute atomic E-state index is 0.715. The van der Waals surface area contributed by atoms with Gasteiger partial charge in [-0.2, -0.15) is 0 Å². The largest absolute Gasteiger partial charge is 0.261 e. The lowest BCUT2D eigenvalue weighted by Crippen LogP contribution is -1.99. The molecule has 8 aromatic carbocycles. The highest BCUT2D eigenvalue weighted by atomic mass is 15.0. The first-order chi connectivity index (χ1) is 45.5. The summed E-state index contributed by atoms with van der Waals surface area (Å²) in [4.78, 5) is 63.0. The Morgan fingerprint density at radius 2 is 0.731 bits per heavy atom. The van der Waals surface area contributed by atoms with Gasteiger partial charge in [0.25, 0.3) is 0 Å². The van der Waals surface area contributed by atoms with Crippen molar-refractivity contribution in [3.05, 3.63) is 333 Å². The van der Waals surface area contributed by atoms with E-state index in [4.69, 9.17) is 0 Å². The zero-order valence-corrected chi connectivity index (χ0v) is 52.9. The maximum atomic E-state index is 4.66. The van der Waals surface area contributed by atoms with Gasteiger partial charge in [0.05, 0.1) is 45.7 Å². The molecule has 0 bridgehead atoms. The molecule has 15 rings (SSSR count). The van der Waals surface area contributed by atoms with Crippen molar-refractivity contribution < 1.29 is 0 Å². The van der Waals surface area contributed by atoms with Crippen molar-refractivity contribution in [2.24, 2.45) is 0 Å². The van der Waals surface area contributed by atoms with E-state index in [-0.39, 0.29) is 0 Å². The Kier molecular flexibility index (Phi) is 24.2. The molecule has 7 aromatic heterocycles. The molecule has 93 heavy (non-hydrogen) atoms. The van der Waals surface area contributed by atoms with Crippen molar-refractivity contribution >= 4 is 21.8 Å². The van der Waals surface area contributed by atoms with Crippen molar-refractivity contribution in [2.45, 2.75) is 48.5 Å². The molecule has 15 nitrogen and oxygen atoms in total. The lowest BCUT2D eigenvalue weighted by Gasteiger charge is -2.09. The van der Waals surface area contributed by atoms with E-state index >= 15 is 0 Å². The van der Waals surface area contributed by atoms with Gasteiger partial charge < -0.3 is 0 Å². The predicted molar refractivity (Wildman–Crippen MR) is 373 cm³/mol. The summed E-state index contributed by atoms with van der Waals surface area (Å²) >= 11 is 0. The molecule has 0 fully saturated rings. The normalized spacial score (nSPS) is 10.1. The number of rotatable bonds is 6. The predicted octanol–water partition coefficient (Wildman–Crippen LogP) is 17.2. The number of aromatic nitrogens is 15. The van der Waals surface area contributed by atoms with Gasteiger partial charge in [-0.1, -0.05) is 224 Å². The lowest BCUT2D eigenvalue weighted by molar-refractivity contribution is 0.974. The van der Waals surface area contributed by atoms with Crippen LogP contribution in [0.15, 0.2) is 293 Å². The molecule has 456 valence electrons. The van der Waals surface area contributed by atoms with Gasteiger partial charge in [-0.05, 0) is 77.8 Å². The van der Waals surface area contributed by atoms with Crippen molar-refractivity contribution in [3.63, 3.8) is 0 Å². The molecular formula is C78H69N15. The molecule has 0 aliphatic carbocycles. The van der Waals surface area contributed by atoms with Crippen molar-refractivity contribution in [3.8, 4) is 67.9 Å². The van der Waals surface area contributed by atoms with Gasteiger partial charge in [0.15, 0.2) is 17.5 Å². The van der Waals surface area contributed by atoms with Crippen LogP contribution < -0.4 is 0 Å². The fourth-order valence-electron chi connectivity index (χ4n) is 9.12. The fraction of sp³-hybridized carbons (Fsp3) is 0.0897. The number of benzene rings is 8. The molecule has 15 aromatic rings. The van der Waals surface area contributed by atoms with E-state index in [1.165, 1.54) is 40.9 Å². The lowest BCUT2D eigenvalue weighted by atomic mass is 10.0. The van der Waals surface area contributed by atoms with Crippen LogP contribution in [-0.4, -0.2) is 74.8 Å². The quantitative estimate of drug-likeness (QED) is 0.152. The van der Waals surface area contributed by atoms with Crippen molar-refractivity contribution in [1.29, 1.82) is 0 Å². The third-order valence-electron chi connectivity index (χ3n) is 13.7. The molecule has 0 amide bonds. The number of para-hydroxylation sites is 1. The van der Waals surface area contributed by atoms with Gasteiger partial charge in [-0.3, -0.25) is 19.9 Å². The first-order valence-corrected chi connectivity index (χ1v) is 30.1. The number of aryl methyl sites for hydroxylation is 7. The Bertz CT molecular complexity index is 4470. The SMILES string of the molecule is Cc1cccc2cccnc12.Cc1cccc2ncccc12.Cc1cnc(-c2ccccc2)c(-c2ccccc2)n1.Cc1cncc(-c2ccccc2)n1.Cc1nc(-c2ccccc2)nc(-c2ccccc2)n1.Cc1ncnc(-c2ccccc2)n1.Cc1ncncn1. The molecule has 7 heterocycles. The Morgan fingerprint density at radius 1 is 0.258 bits per heavy atom. The van der Waals surface area contributed by atoms with Crippen LogP contribution in [0.25, 0.3) is 89.7 Å². The van der Waals surface area contributed by atoms with E-state index in [2.05, 4.69) is 149 Å². The molecule has 0 radical (unpaired) electrons. The maximum absolute atomic E-state index is 4.66. The minimum atomic E-state index is 0.715. The van der Waals surface area contributed by atoms with Crippen LogP contribution >= 0.6 is 0 Å². The summed E-state index contributed by atoms with van der Waals surface area (Å²) < 4.78 is 0. The third kappa shape index (κ3) is 20.1. The van der Waals surface area contributed by atoms with Crippen LogP contribution in [0.5, 0.6) is 0 Å². The smallest absolute Gasteiger partial charge is 0.163 e. The summed E-state index contributed by atoms with van der Waals surface area (Å²) in [5.41, 5.74) is 15.7. The molecule has 0 saturated carbocycles. The first-order valence-electron chi connectivity index (χ1n) is 30.1. The molecule has 0 spiro atoms. The maximum Gasteiger partial charge on any atom is 0.163 e. The van der Waals surface area contributed by atoms with E-state index in [1.807, 2.05) is 235 Å². The highest BCUT2D eigenvalue weighted by Crippen LogP contribution is 2.29. The van der Waals surface area contributed by atoms with Gasteiger partial charge in [-0.15, -0.1) is 0 Å². The highest BCUT2D eigenvalue weighted by Gasteiger charge is 2.11. The highest BCUT2D eigenvalue weighted by molar-refractivity contribution is 5.82. The van der Waals surface area contributed by atoms with E-state index in [0.717, 1.165) is 96.2 Å². The average molecular weight is 1220 g/mol. The topological polar surface area (TPSA) is 193 Å². The Morgan fingerprint density at radius 3 is 1.27 bits per heavy atom. The van der Waals surface area contributed by atoms with E-state index in [9.17, 15) is 0 Å². The third-order valence-corrected chi connectivity index (χ3v) is 13.7. The first kappa shape index (κ1) is 65.2. The second kappa shape index (κ2) is 34.5. The van der Waals surface area contributed by atoms with Gasteiger partial charge in [0.2, 0.25) is 0 Å². The molecule has 0 unspecified atom stereocenters. The van der Waals surface area contributed by atoms with Crippen LogP contribution in [0.3, 0.4) is 0 Å². The molecule has 0 aliphatic heterocycles. The summed E-state index contributed by atoms with van der Waals surface area (Å²) in [6.07, 6.45) is 13.5. The molecule has 0 atom stereocenters. The summed E-state index contributed by atoms with van der Waals surface area (Å²) in [5, 5.41) is 2.46. The summed E-state index contributed by atoms with van der Waals surface area (Å²) in [6, 6.07) is 80.7. The average Bonchev–Trinajstić information content (AvgIpc) is 2.06. The van der Waals surface area contributed by atoms with Crippen LogP contribution in [0.1, 0.15) is 40.0 Å². The molecule has 0 aliphatic rings. The van der Waals surface area contributed by atoms with Crippen LogP contribution in [0, 0.1) is 48.5 Å². The molecule has 15 heteroatoms. The zero-order valence-electron chi connectivity index (χ0n) is 52.9. The fourth-order valence-corrected chi connectivity index (χ4v) is 9.12. The number of pyridine rings is 2. The van der Waals surface area contributed by atoms with Gasteiger partial charge in [0.1, 0.15) is 36.5 Å². The number of hydrogen-bond donors (Lipinski definition) is 0. The van der Waals surface area contributed by atoms with Gasteiger partial charge in [0, 0.05) is 68.9 Å². The van der Waals surface area contributed by atoms with E-state index < -0.39 is 0 Å². The monoisotopic (exact) mass is 1220 g/mol. The molecular weight excluding hydrogens is 1150 g/mol. The van der Waals surface area contributed by atoms with E-state index in [1.54, 1.807) is 12.4 Å².